The van der Waals surface area contributed by atoms with Gasteiger partial charge in [0.05, 0.1) is 12.5 Å². The first-order chi connectivity index (χ1) is 7.17. The minimum absolute atomic E-state index is 0.0153. The number of ketones is 1. The standard InChI is InChI=1S/C12H15ClO2/c1-3-15-12-6-9(2)4-5-10(12)7-11(14)8-13/h4-6H,3,7-8H2,1-2H3. The number of alkyl halides is 1. The monoisotopic (exact) mass is 226 g/mol. The molecule has 0 aliphatic heterocycles. The third-order valence-electron chi connectivity index (χ3n) is 2.06. The Kier molecular flexibility index (Phi) is 4.63. The van der Waals surface area contributed by atoms with E-state index in [9.17, 15) is 4.79 Å². The number of benzene rings is 1. The average molecular weight is 227 g/mol. The molecule has 0 amide bonds. The predicted octanol–water partition coefficient (Wildman–Crippen LogP) is 2.74. The Balaban J connectivity index is 2.89. The van der Waals surface area contributed by atoms with Crippen LogP contribution in [0.3, 0.4) is 0 Å². The zero-order valence-corrected chi connectivity index (χ0v) is 9.80. The Hall–Kier alpha value is -1.02. The highest BCUT2D eigenvalue weighted by atomic mass is 35.5. The first-order valence-electron chi connectivity index (χ1n) is 4.97. The van der Waals surface area contributed by atoms with Crippen molar-refractivity contribution in [1.29, 1.82) is 0 Å². The van der Waals surface area contributed by atoms with E-state index in [4.69, 9.17) is 16.3 Å². The van der Waals surface area contributed by atoms with Crippen molar-refractivity contribution in [3.05, 3.63) is 29.3 Å². The maximum absolute atomic E-state index is 11.2. The molecule has 0 spiro atoms. The summed E-state index contributed by atoms with van der Waals surface area (Å²) in [6.45, 7) is 4.52. The molecule has 0 aromatic heterocycles. The van der Waals surface area contributed by atoms with Gasteiger partial charge in [-0.05, 0) is 25.5 Å². The fraction of sp³-hybridized carbons (Fsp3) is 0.417. The van der Waals surface area contributed by atoms with Crippen molar-refractivity contribution in [3.8, 4) is 5.75 Å². The Morgan fingerprint density at radius 3 is 2.80 bits per heavy atom. The van der Waals surface area contributed by atoms with E-state index < -0.39 is 0 Å². The van der Waals surface area contributed by atoms with Gasteiger partial charge in [-0.1, -0.05) is 12.1 Å². The Bertz CT molecular complexity index is 347. The van der Waals surface area contributed by atoms with E-state index in [-0.39, 0.29) is 11.7 Å². The summed E-state index contributed by atoms with van der Waals surface area (Å²) >= 11 is 5.47. The number of halogens is 1. The van der Waals surface area contributed by atoms with Crippen LogP contribution < -0.4 is 4.74 Å². The van der Waals surface area contributed by atoms with E-state index >= 15 is 0 Å². The summed E-state index contributed by atoms with van der Waals surface area (Å²) in [7, 11) is 0. The van der Waals surface area contributed by atoms with Gasteiger partial charge >= 0.3 is 0 Å². The van der Waals surface area contributed by atoms with Gasteiger partial charge in [0.2, 0.25) is 0 Å². The Labute approximate surface area is 95.2 Å². The van der Waals surface area contributed by atoms with E-state index in [1.807, 2.05) is 32.0 Å². The molecule has 0 atom stereocenters. The van der Waals surface area contributed by atoms with E-state index in [1.165, 1.54) is 0 Å². The van der Waals surface area contributed by atoms with Crippen molar-refractivity contribution in [2.24, 2.45) is 0 Å². The number of aryl methyl sites for hydroxylation is 1. The minimum atomic E-state index is 0.0153. The van der Waals surface area contributed by atoms with Gasteiger partial charge in [0.25, 0.3) is 0 Å². The highest BCUT2D eigenvalue weighted by Gasteiger charge is 2.08. The van der Waals surface area contributed by atoms with Gasteiger partial charge in [0.15, 0.2) is 5.78 Å². The number of carbonyl (C=O) groups is 1. The number of ether oxygens (including phenoxy) is 1. The summed E-state index contributed by atoms with van der Waals surface area (Å²) in [6.07, 6.45) is 0.346. The molecule has 0 radical (unpaired) electrons. The van der Waals surface area contributed by atoms with E-state index in [1.54, 1.807) is 0 Å². The summed E-state index contributed by atoms with van der Waals surface area (Å²) < 4.78 is 5.47. The Morgan fingerprint density at radius 2 is 2.20 bits per heavy atom. The molecule has 0 aliphatic carbocycles. The molecule has 1 aromatic rings. The molecule has 0 N–H and O–H groups in total. The summed E-state index contributed by atoms with van der Waals surface area (Å²) in [5.41, 5.74) is 2.04. The van der Waals surface area contributed by atoms with Crippen LogP contribution in [0.4, 0.5) is 0 Å². The second-order valence-corrected chi connectivity index (χ2v) is 3.66. The van der Waals surface area contributed by atoms with Gasteiger partial charge in [0.1, 0.15) is 5.75 Å². The smallest absolute Gasteiger partial charge is 0.152 e. The summed E-state index contributed by atoms with van der Waals surface area (Å²) in [5.74, 6) is 0.858. The molecule has 3 heteroatoms. The van der Waals surface area contributed by atoms with Crippen molar-refractivity contribution >= 4 is 17.4 Å². The fourth-order valence-electron chi connectivity index (χ4n) is 1.36. The highest BCUT2D eigenvalue weighted by molar-refractivity contribution is 6.27. The fourth-order valence-corrected chi connectivity index (χ4v) is 1.45. The number of hydrogen-bond donors (Lipinski definition) is 0. The lowest BCUT2D eigenvalue weighted by Gasteiger charge is -2.10. The second-order valence-electron chi connectivity index (χ2n) is 3.39. The summed E-state index contributed by atoms with van der Waals surface area (Å²) in [5, 5.41) is 0. The predicted molar refractivity (Wildman–Crippen MR) is 61.8 cm³/mol. The van der Waals surface area contributed by atoms with Crippen molar-refractivity contribution in [2.75, 3.05) is 12.5 Å². The second kappa shape index (κ2) is 5.76. The van der Waals surface area contributed by atoms with Crippen LogP contribution in [0.1, 0.15) is 18.1 Å². The van der Waals surface area contributed by atoms with E-state index in [0.717, 1.165) is 16.9 Å². The molecular weight excluding hydrogens is 212 g/mol. The number of hydrogen-bond acceptors (Lipinski definition) is 2. The molecular formula is C12H15ClO2. The van der Waals surface area contributed by atoms with Gasteiger partial charge in [-0.15, -0.1) is 11.6 Å². The molecule has 0 saturated carbocycles. The van der Waals surface area contributed by atoms with Gasteiger partial charge in [-0.25, -0.2) is 0 Å². The maximum atomic E-state index is 11.2. The molecule has 0 bridgehead atoms. The molecule has 0 unspecified atom stereocenters. The van der Waals surface area contributed by atoms with Crippen LogP contribution in [-0.2, 0) is 11.2 Å². The van der Waals surface area contributed by atoms with Crippen LogP contribution in [0.5, 0.6) is 5.75 Å². The van der Waals surface area contributed by atoms with Crippen LogP contribution >= 0.6 is 11.6 Å². The van der Waals surface area contributed by atoms with Crippen molar-refractivity contribution in [2.45, 2.75) is 20.3 Å². The van der Waals surface area contributed by atoms with Gasteiger partial charge in [-0.3, -0.25) is 4.79 Å². The van der Waals surface area contributed by atoms with Crippen molar-refractivity contribution in [1.82, 2.24) is 0 Å². The SMILES string of the molecule is CCOc1cc(C)ccc1CC(=O)CCl. The molecule has 0 saturated heterocycles. The van der Waals surface area contributed by atoms with Gasteiger partial charge < -0.3 is 4.74 Å². The lowest BCUT2D eigenvalue weighted by molar-refractivity contribution is -0.116. The van der Waals surface area contributed by atoms with Crippen molar-refractivity contribution < 1.29 is 9.53 Å². The van der Waals surface area contributed by atoms with Crippen LogP contribution in [0, 0.1) is 6.92 Å². The van der Waals surface area contributed by atoms with Gasteiger partial charge in [-0.2, -0.15) is 0 Å². The molecule has 2 nitrogen and oxygen atoms in total. The molecule has 82 valence electrons. The zero-order valence-electron chi connectivity index (χ0n) is 9.05. The van der Waals surface area contributed by atoms with E-state index in [2.05, 4.69) is 0 Å². The van der Waals surface area contributed by atoms with Crippen LogP contribution in [0.25, 0.3) is 0 Å². The first kappa shape index (κ1) is 12.1. The molecule has 0 aliphatic rings. The quantitative estimate of drug-likeness (QED) is 0.722. The highest BCUT2D eigenvalue weighted by Crippen LogP contribution is 2.21. The summed E-state index contributed by atoms with van der Waals surface area (Å²) in [4.78, 5) is 11.2. The van der Waals surface area contributed by atoms with Crippen molar-refractivity contribution in [3.63, 3.8) is 0 Å². The lowest BCUT2D eigenvalue weighted by atomic mass is 10.1. The normalized spacial score (nSPS) is 10.1. The molecule has 15 heavy (non-hydrogen) atoms. The number of rotatable bonds is 5. The lowest BCUT2D eigenvalue weighted by Crippen LogP contribution is -2.06. The van der Waals surface area contributed by atoms with Gasteiger partial charge in [0, 0.05) is 12.0 Å². The Morgan fingerprint density at radius 1 is 1.47 bits per heavy atom. The zero-order chi connectivity index (χ0) is 11.3. The maximum Gasteiger partial charge on any atom is 0.152 e. The van der Waals surface area contributed by atoms with Crippen LogP contribution in [0.2, 0.25) is 0 Å². The van der Waals surface area contributed by atoms with Crippen LogP contribution in [-0.4, -0.2) is 18.3 Å². The van der Waals surface area contributed by atoms with E-state index in [0.29, 0.717) is 13.0 Å². The molecule has 1 aromatic carbocycles. The molecule has 0 fully saturated rings. The number of Topliss-reactive ketones (excluding diaryl/α,β-unsaturated/α-hetero) is 1. The third kappa shape index (κ3) is 3.56. The molecule has 0 heterocycles. The largest absolute Gasteiger partial charge is 0.494 e. The number of carbonyl (C=O) groups excluding carboxylic acids is 1. The topological polar surface area (TPSA) is 26.3 Å². The minimum Gasteiger partial charge on any atom is -0.494 e. The third-order valence-corrected chi connectivity index (χ3v) is 2.36. The summed E-state index contributed by atoms with van der Waals surface area (Å²) in [6, 6.07) is 5.84. The first-order valence-corrected chi connectivity index (χ1v) is 5.50. The molecule has 1 rings (SSSR count). The van der Waals surface area contributed by atoms with Crippen LogP contribution in [0.15, 0.2) is 18.2 Å². The average Bonchev–Trinajstić information content (AvgIpc) is 2.22.